The van der Waals surface area contributed by atoms with E-state index in [0.717, 1.165) is 49.8 Å². The van der Waals surface area contributed by atoms with Crippen LogP contribution in [-0.2, 0) is 23.4 Å². The van der Waals surface area contributed by atoms with Crippen molar-refractivity contribution in [3.63, 3.8) is 0 Å². The van der Waals surface area contributed by atoms with Gasteiger partial charge in [0.15, 0.2) is 12.8 Å². The number of anilines is 1. The lowest BCUT2D eigenvalue weighted by Crippen LogP contribution is -2.47. The number of hydrogen-bond donors (Lipinski definition) is 4. The second kappa shape index (κ2) is 12.4. The van der Waals surface area contributed by atoms with Gasteiger partial charge in [-0.15, -0.1) is 4.52 Å². The average Bonchev–Trinajstić information content (AvgIpc) is 2.77. The van der Waals surface area contributed by atoms with E-state index in [1.165, 1.54) is 13.0 Å². The highest BCUT2D eigenvalue weighted by Gasteiger charge is 2.44. The first-order chi connectivity index (χ1) is 15.6. The molecule has 0 spiro atoms. The highest BCUT2D eigenvalue weighted by atomic mass is 31.1. The number of halogens is 1. The topological polar surface area (TPSA) is 175 Å². The van der Waals surface area contributed by atoms with E-state index in [1.54, 1.807) is 0 Å². The predicted octanol–water partition coefficient (Wildman–Crippen LogP) is 0.908. The summed E-state index contributed by atoms with van der Waals surface area (Å²) in [6, 6.07) is 0.252. The van der Waals surface area contributed by atoms with Crippen LogP contribution < -0.4 is 16.5 Å². The van der Waals surface area contributed by atoms with Gasteiger partial charge in [0, 0.05) is 6.20 Å². The van der Waals surface area contributed by atoms with Crippen LogP contribution in [0.25, 0.3) is 0 Å². The number of nitrogen functional groups attached to an aromatic ring is 1. The number of carbonyl (C=O) groups excluding carboxylic acids is 1. The van der Waals surface area contributed by atoms with Crippen molar-refractivity contribution >= 4 is 20.0 Å². The average molecular weight is 493 g/mol. The van der Waals surface area contributed by atoms with Gasteiger partial charge in [-0.1, -0.05) is 11.5 Å². The van der Waals surface area contributed by atoms with Crippen molar-refractivity contribution in [2.45, 2.75) is 76.3 Å². The Labute approximate surface area is 191 Å². The molecule has 1 aliphatic rings. The van der Waals surface area contributed by atoms with Gasteiger partial charge in [-0.2, -0.15) is 4.98 Å². The lowest BCUT2D eigenvalue weighted by molar-refractivity contribution is -0.263. The van der Waals surface area contributed by atoms with Crippen molar-refractivity contribution < 1.29 is 38.0 Å². The summed E-state index contributed by atoms with van der Waals surface area (Å²) in [5.41, 5.74) is 4.49. The zero-order valence-corrected chi connectivity index (χ0v) is 19.4. The molecule has 2 rings (SSSR count). The summed E-state index contributed by atoms with van der Waals surface area (Å²) >= 11 is 0. The number of ether oxygens (including phenoxy) is 2. The number of nitrogens with zero attached hydrogens (tertiary/aromatic N) is 2. The first-order valence-electron chi connectivity index (χ1n) is 10.6. The second-order valence-corrected chi connectivity index (χ2v) is 8.87. The van der Waals surface area contributed by atoms with Crippen molar-refractivity contribution in [1.82, 2.24) is 14.6 Å². The van der Waals surface area contributed by atoms with Gasteiger partial charge >= 0.3 is 19.8 Å². The summed E-state index contributed by atoms with van der Waals surface area (Å²) in [6.07, 6.45) is 2.16. The van der Waals surface area contributed by atoms with E-state index in [1.807, 2.05) is 0 Å². The summed E-state index contributed by atoms with van der Waals surface area (Å²) in [5, 5.41) is 21.8. The number of alkyl halides is 1. The number of nitrogens with two attached hydrogens (primary N) is 1. The molecule has 14 heteroatoms. The molecule has 0 aromatic carbocycles. The van der Waals surface area contributed by atoms with Crippen LogP contribution in [0.5, 0.6) is 0 Å². The number of hydrogen-bond acceptors (Lipinski definition) is 10. The molecule has 1 saturated carbocycles. The molecule has 1 heterocycles. The Morgan fingerprint density at radius 2 is 2.09 bits per heavy atom. The third kappa shape index (κ3) is 8.05. The van der Waals surface area contributed by atoms with Crippen molar-refractivity contribution in [3.05, 3.63) is 22.7 Å². The van der Waals surface area contributed by atoms with Crippen molar-refractivity contribution in [3.8, 4) is 0 Å². The molecular formula is C19H31FN4O8P+. The smallest absolute Gasteiger partial charge is 0.461 e. The van der Waals surface area contributed by atoms with Crippen LogP contribution in [0, 0.1) is 0 Å². The molecule has 1 fully saturated rings. The highest BCUT2D eigenvalue weighted by molar-refractivity contribution is 7.36. The van der Waals surface area contributed by atoms with Crippen LogP contribution in [0.4, 0.5) is 10.2 Å². The van der Waals surface area contributed by atoms with E-state index in [-0.39, 0.29) is 11.9 Å². The van der Waals surface area contributed by atoms with Crippen LogP contribution in [0.3, 0.4) is 0 Å². The van der Waals surface area contributed by atoms with Crippen LogP contribution in [0.2, 0.25) is 0 Å². The summed E-state index contributed by atoms with van der Waals surface area (Å²) < 4.78 is 43.7. The van der Waals surface area contributed by atoms with Gasteiger partial charge < -0.3 is 25.4 Å². The molecule has 12 nitrogen and oxygen atoms in total. The van der Waals surface area contributed by atoms with E-state index in [2.05, 4.69) is 10.1 Å². The van der Waals surface area contributed by atoms with E-state index in [4.69, 9.17) is 19.7 Å². The molecule has 5 atom stereocenters. The van der Waals surface area contributed by atoms with Gasteiger partial charge in [0.25, 0.3) is 5.85 Å². The lowest BCUT2D eigenvalue weighted by Gasteiger charge is -2.30. The molecule has 0 saturated heterocycles. The first kappa shape index (κ1) is 27.2. The van der Waals surface area contributed by atoms with E-state index in [9.17, 15) is 24.4 Å². The number of esters is 1. The molecule has 33 heavy (non-hydrogen) atoms. The molecule has 186 valence electrons. The van der Waals surface area contributed by atoms with Gasteiger partial charge in [0.1, 0.15) is 24.1 Å². The minimum absolute atomic E-state index is 0.0856. The van der Waals surface area contributed by atoms with Crippen LogP contribution in [-0.4, -0.2) is 63.1 Å². The minimum Gasteiger partial charge on any atom is -0.461 e. The SMILES string of the molecule is C[C@H](N[P+](=O)OC[C@@](F)(O[C@H](CO)n1ccc(N)nc1=O)[C@H](C)O)C(=O)OC1CCCCC1. The number of nitrogens with one attached hydrogen (secondary N) is 1. The van der Waals surface area contributed by atoms with Crippen LogP contribution >= 0.6 is 8.18 Å². The minimum atomic E-state index is -2.97. The largest absolute Gasteiger partial charge is 0.614 e. The lowest BCUT2D eigenvalue weighted by atomic mass is 9.98. The number of rotatable bonds is 12. The molecule has 5 N–H and O–H groups in total. The van der Waals surface area contributed by atoms with Crippen molar-refractivity contribution in [1.29, 1.82) is 0 Å². The molecule has 1 aliphatic carbocycles. The zero-order valence-electron chi connectivity index (χ0n) is 18.6. The summed E-state index contributed by atoms with van der Waals surface area (Å²) in [7, 11) is -2.75. The first-order valence-corrected chi connectivity index (χ1v) is 11.8. The van der Waals surface area contributed by atoms with Gasteiger partial charge in [-0.3, -0.25) is 9.36 Å². The Hall–Kier alpha value is -2.02. The quantitative estimate of drug-likeness (QED) is 0.240. The van der Waals surface area contributed by atoms with Crippen molar-refractivity contribution in [2.24, 2.45) is 0 Å². The Bertz CT molecular complexity index is 866. The molecule has 1 aromatic rings. The maximum atomic E-state index is 15.3. The Morgan fingerprint density at radius 1 is 1.42 bits per heavy atom. The number of aromatic nitrogens is 2. The maximum Gasteiger partial charge on any atom is 0.614 e. The van der Waals surface area contributed by atoms with Crippen LogP contribution in [0.15, 0.2) is 17.1 Å². The molecular weight excluding hydrogens is 462 g/mol. The summed E-state index contributed by atoms with van der Waals surface area (Å²) in [5.74, 6) is -3.66. The summed E-state index contributed by atoms with van der Waals surface area (Å²) in [4.78, 5) is 27.6. The molecule has 0 radical (unpaired) electrons. The zero-order chi connectivity index (χ0) is 24.6. The number of aliphatic hydroxyl groups is 2. The Kier molecular flexibility index (Phi) is 10.3. The van der Waals surface area contributed by atoms with E-state index >= 15 is 4.39 Å². The normalized spacial score (nSPS) is 19.8. The fourth-order valence-electron chi connectivity index (χ4n) is 3.15. The highest BCUT2D eigenvalue weighted by Crippen LogP contribution is 2.29. The molecule has 1 aromatic heterocycles. The molecule has 1 unspecified atom stereocenters. The third-order valence-electron chi connectivity index (χ3n) is 5.14. The molecule has 0 aliphatic heterocycles. The maximum absolute atomic E-state index is 15.3. The fourth-order valence-corrected chi connectivity index (χ4v) is 3.94. The van der Waals surface area contributed by atoms with Crippen molar-refractivity contribution in [2.75, 3.05) is 18.9 Å². The molecule has 0 bridgehead atoms. The molecule has 0 amide bonds. The standard InChI is InChI=1S/C19H30FN4O8P/c1-12(17(27)31-14-6-4-3-5-7-14)23-33(29)30-11-19(20,13(2)26)32-16(10-25)24-9-8-15(21)22-18(24)28/h8-9,12-14,16,25-26H,3-7,10-11H2,1-2H3,(H2-,21,22,23,28,29)/p+1/t12-,13-,16+,19+/m0/s1. The van der Waals surface area contributed by atoms with E-state index in [0.29, 0.717) is 0 Å². The van der Waals surface area contributed by atoms with E-state index < -0.39 is 57.3 Å². The fraction of sp³-hybridized carbons (Fsp3) is 0.737. The Balaban J connectivity index is 1.94. The number of carbonyl (C=O) groups is 1. The monoisotopic (exact) mass is 493 g/mol. The van der Waals surface area contributed by atoms with Gasteiger partial charge in [0.05, 0.1) is 6.61 Å². The Morgan fingerprint density at radius 3 is 2.67 bits per heavy atom. The summed E-state index contributed by atoms with van der Waals surface area (Å²) in [6.45, 7) is 0.591. The van der Waals surface area contributed by atoms with Gasteiger partial charge in [0.2, 0.25) is 0 Å². The third-order valence-corrected chi connectivity index (χ3v) is 6.10. The van der Waals surface area contributed by atoms with Gasteiger partial charge in [-0.25, -0.2) is 9.18 Å². The second-order valence-electron chi connectivity index (χ2n) is 7.84. The van der Waals surface area contributed by atoms with Gasteiger partial charge in [-0.05, 0) is 50.2 Å². The number of aliphatic hydroxyl groups excluding tert-OH is 2. The van der Waals surface area contributed by atoms with Crippen LogP contribution in [0.1, 0.15) is 52.2 Å². The predicted molar refractivity (Wildman–Crippen MR) is 115 cm³/mol.